The Morgan fingerprint density at radius 2 is 0.958 bits per heavy atom. The normalized spacial score (nSPS) is 15.7. The van der Waals surface area contributed by atoms with Crippen molar-refractivity contribution in [2.45, 2.75) is 0 Å². The maximum atomic E-state index is 9.63. The predicted molar refractivity (Wildman–Crippen MR) is 81.7 cm³/mol. The van der Waals surface area contributed by atoms with Crippen LogP contribution in [0.5, 0.6) is 0 Å². The van der Waals surface area contributed by atoms with Gasteiger partial charge in [0.2, 0.25) is 0 Å². The quantitative estimate of drug-likeness (QED) is 0.194. The number of aliphatic hydroxyl groups excluding tert-OH is 4. The first-order valence-corrected chi connectivity index (χ1v) is 9.68. The number of piperazine rings is 1. The summed E-state index contributed by atoms with van der Waals surface area (Å²) in [7, 11) is -10.1. The molecular weight excluding hydrogens is 374 g/mol. The molecule has 0 aromatic heterocycles. The van der Waals surface area contributed by atoms with Gasteiger partial charge in [-0.3, -0.25) is 0 Å². The van der Waals surface area contributed by atoms with Gasteiger partial charge in [-0.05, 0) is 0 Å². The van der Waals surface area contributed by atoms with Crippen LogP contribution in [0.4, 0.5) is 0 Å². The molecular formula is C9H26N2O11P2. The van der Waals surface area contributed by atoms with Gasteiger partial charge in [0, 0.05) is 26.2 Å². The van der Waals surface area contributed by atoms with E-state index in [2.05, 4.69) is 14.9 Å². The summed E-state index contributed by atoms with van der Waals surface area (Å²) in [5.74, 6) is 0. The highest BCUT2D eigenvalue weighted by Gasteiger charge is 2.28. The van der Waals surface area contributed by atoms with Crippen molar-refractivity contribution in [3.05, 3.63) is 0 Å². The zero-order valence-electron chi connectivity index (χ0n) is 12.9. The molecule has 24 heavy (non-hydrogen) atoms. The fraction of sp³-hybridized carbons (Fsp3) is 1.00. The molecule has 0 spiro atoms. The SMILES string of the molecule is C1CNCCN1.O=P(O)(O)OP(=O)(O)O.OCC(CO)(CO)CO. The Balaban J connectivity index is 0. The maximum absolute atomic E-state index is 9.63. The maximum Gasteiger partial charge on any atom is 0.478 e. The van der Waals surface area contributed by atoms with Gasteiger partial charge in [0.15, 0.2) is 0 Å². The van der Waals surface area contributed by atoms with Crippen LogP contribution in [0.25, 0.3) is 0 Å². The summed E-state index contributed by atoms with van der Waals surface area (Å²) >= 11 is 0. The van der Waals surface area contributed by atoms with Crippen molar-refractivity contribution >= 4 is 15.6 Å². The smallest absolute Gasteiger partial charge is 0.396 e. The molecule has 0 unspecified atom stereocenters. The summed E-state index contributed by atoms with van der Waals surface area (Å²) in [6, 6.07) is 0. The summed E-state index contributed by atoms with van der Waals surface area (Å²) in [6.45, 7) is 2.93. The molecule has 1 saturated heterocycles. The standard InChI is InChI=1S/C5H12O4.C4H10N2.H4O7P2/c6-1-5(2-7,3-8)4-9;1-2-6-4-3-5-1;1-8(2,3)7-9(4,5)6/h6-9H,1-4H2;5-6H,1-4H2;(H2,1,2,3)(H2,4,5,6). The second kappa shape index (κ2) is 13.3. The molecule has 1 aliphatic rings. The van der Waals surface area contributed by atoms with Crippen LogP contribution < -0.4 is 10.6 Å². The lowest BCUT2D eigenvalue weighted by Crippen LogP contribution is -2.39. The Kier molecular flexibility index (Phi) is 14.5. The first-order chi connectivity index (χ1) is 10.9. The predicted octanol–water partition coefficient (Wildman–Crippen LogP) is -3.69. The van der Waals surface area contributed by atoms with E-state index in [0.29, 0.717) is 0 Å². The van der Waals surface area contributed by atoms with Gasteiger partial charge < -0.3 is 50.6 Å². The minimum atomic E-state index is -5.05. The summed E-state index contributed by atoms with van der Waals surface area (Å²) in [4.78, 5) is 31.0. The molecule has 0 aromatic carbocycles. The zero-order chi connectivity index (χ0) is 19.3. The molecule has 13 nitrogen and oxygen atoms in total. The monoisotopic (exact) mass is 400 g/mol. The summed E-state index contributed by atoms with van der Waals surface area (Å²) in [6.07, 6.45) is 0. The molecule has 15 heteroatoms. The number of rotatable bonds is 6. The Labute approximate surface area is 138 Å². The molecule has 0 amide bonds. The van der Waals surface area contributed by atoms with E-state index in [4.69, 9.17) is 40.0 Å². The highest BCUT2D eigenvalue weighted by Crippen LogP contribution is 2.53. The van der Waals surface area contributed by atoms with Crippen molar-refractivity contribution in [1.82, 2.24) is 10.6 Å². The lowest BCUT2D eigenvalue weighted by atomic mass is 9.93. The first kappa shape index (κ1) is 26.3. The van der Waals surface area contributed by atoms with Crippen molar-refractivity contribution in [2.75, 3.05) is 52.6 Å². The summed E-state index contributed by atoms with van der Waals surface area (Å²) in [5, 5.41) is 40.4. The van der Waals surface area contributed by atoms with Crippen molar-refractivity contribution in [2.24, 2.45) is 5.41 Å². The van der Waals surface area contributed by atoms with E-state index >= 15 is 0 Å². The molecule has 1 heterocycles. The fourth-order valence-electron chi connectivity index (χ4n) is 1.04. The van der Waals surface area contributed by atoms with Crippen LogP contribution in [0.2, 0.25) is 0 Å². The van der Waals surface area contributed by atoms with Gasteiger partial charge in [0.25, 0.3) is 0 Å². The third-order valence-electron chi connectivity index (χ3n) is 2.51. The third-order valence-corrected chi connectivity index (χ3v) is 4.21. The molecule has 1 fully saturated rings. The second-order valence-corrected chi connectivity index (χ2v) is 7.31. The van der Waals surface area contributed by atoms with E-state index in [1.54, 1.807) is 0 Å². The highest BCUT2D eigenvalue weighted by atomic mass is 31.3. The molecule has 10 N–H and O–H groups in total. The largest absolute Gasteiger partial charge is 0.478 e. The number of hydrogen-bond acceptors (Lipinski definition) is 9. The molecule has 1 rings (SSSR count). The van der Waals surface area contributed by atoms with E-state index in [1.165, 1.54) is 0 Å². The van der Waals surface area contributed by atoms with Crippen LogP contribution in [0, 0.1) is 5.41 Å². The van der Waals surface area contributed by atoms with Gasteiger partial charge in [-0.1, -0.05) is 0 Å². The Hall–Kier alpha value is 0.0200. The van der Waals surface area contributed by atoms with Crippen LogP contribution in [0.1, 0.15) is 0 Å². The Morgan fingerprint density at radius 3 is 1.00 bits per heavy atom. The molecule has 148 valence electrons. The van der Waals surface area contributed by atoms with E-state index in [9.17, 15) is 9.13 Å². The first-order valence-electron chi connectivity index (χ1n) is 6.62. The minimum Gasteiger partial charge on any atom is -0.396 e. The number of phosphoric acid groups is 2. The van der Waals surface area contributed by atoms with Crippen molar-refractivity contribution in [1.29, 1.82) is 0 Å². The fourth-order valence-corrected chi connectivity index (χ4v) is 2.15. The zero-order valence-corrected chi connectivity index (χ0v) is 14.6. The van der Waals surface area contributed by atoms with Crippen LogP contribution in [-0.2, 0) is 13.4 Å². The van der Waals surface area contributed by atoms with Crippen molar-refractivity contribution in [3.8, 4) is 0 Å². The van der Waals surface area contributed by atoms with Gasteiger partial charge in [0.05, 0.1) is 31.8 Å². The van der Waals surface area contributed by atoms with Crippen molar-refractivity contribution < 1.29 is 53.4 Å². The van der Waals surface area contributed by atoms with E-state index in [1.807, 2.05) is 0 Å². The summed E-state index contributed by atoms with van der Waals surface area (Å²) in [5.41, 5.74) is -1.11. The lowest BCUT2D eigenvalue weighted by Gasteiger charge is -2.23. The van der Waals surface area contributed by atoms with E-state index in [-0.39, 0.29) is 0 Å². The molecule has 0 radical (unpaired) electrons. The number of nitrogens with one attached hydrogen (secondary N) is 2. The molecule has 0 aliphatic carbocycles. The van der Waals surface area contributed by atoms with Crippen LogP contribution >= 0.6 is 15.6 Å². The Bertz CT molecular complexity index is 342. The van der Waals surface area contributed by atoms with Crippen LogP contribution in [-0.4, -0.2) is 92.6 Å². The van der Waals surface area contributed by atoms with Gasteiger partial charge in [-0.25, -0.2) is 9.13 Å². The molecule has 1 aliphatic heterocycles. The molecule has 0 bridgehead atoms. The second-order valence-electron chi connectivity index (χ2n) is 4.70. The van der Waals surface area contributed by atoms with Crippen LogP contribution in [0.15, 0.2) is 0 Å². The van der Waals surface area contributed by atoms with Gasteiger partial charge >= 0.3 is 15.6 Å². The average molecular weight is 400 g/mol. The molecule has 0 aromatic rings. The minimum absolute atomic E-state index is 0.406. The lowest BCUT2D eigenvalue weighted by molar-refractivity contribution is -0.0328. The summed E-state index contributed by atoms with van der Waals surface area (Å²) < 4.78 is 22.2. The molecule has 0 saturated carbocycles. The van der Waals surface area contributed by atoms with Crippen LogP contribution in [0.3, 0.4) is 0 Å². The topological polar surface area (TPSA) is 229 Å². The average Bonchev–Trinajstić information content (AvgIpc) is 2.50. The third kappa shape index (κ3) is 16.9. The van der Waals surface area contributed by atoms with E-state index < -0.39 is 47.5 Å². The van der Waals surface area contributed by atoms with Gasteiger partial charge in [-0.2, -0.15) is 4.31 Å². The Morgan fingerprint density at radius 1 is 0.708 bits per heavy atom. The van der Waals surface area contributed by atoms with E-state index in [0.717, 1.165) is 26.2 Å². The van der Waals surface area contributed by atoms with Gasteiger partial charge in [0.1, 0.15) is 0 Å². The molecule has 0 atom stereocenters. The number of hydrogen-bond donors (Lipinski definition) is 10. The van der Waals surface area contributed by atoms with Gasteiger partial charge in [-0.15, -0.1) is 0 Å². The number of aliphatic hydroxyl groups is 4. The van der Waals surface area contributed by atoms with Crippen molar-refractivity contribution in [3.63, 3.8) is 0 Å². The highest BCUT2D eigenvalue weighted by molar-refractivity contribution is 7.60.